The third kappa shape index (κ3) is 5.09. The van der Waals surface area contributed by atoms with Crippen LogP contribution in [0.25, 0.3) is 0 Å². The zero-order valence-corrected chi connectivity index (χ0v) is 17.2. The minimum absolute atomic E-state index is 0.161. The molecular weight excluding hydrogens is 372 g/mol. The number of amides is 1. The Labute approximate surface area is 158 Å². The first-order valence-electron chi connectivity index (χ1n) is 8.27. The fourth-order valence-electron chi connectivity index (χ4n) is 2.08. The van der Waals surface area contributed by atoms with Gasteiger partial charge in [-0.15, -0.1) is 10.2 Å². The van der Waals surface area contributed by atoms with Gasteiger partial charge in [0.15, 0.2) is 0 Å². The number of carbonyl (C=O) groups is 1. The monoisotopic (exact) mass is 396 g/mol. The van der Waals surface area contributed by atoms with Gasteiger partial charge in [0.2, 0.25) is 15.4 Å². The fourth-order valence-corrected chi connectivity index (χ4v) is 4.30. The molecule has 1 heterocycles. The predicted molar refractivity (Wildman–Crippen MR) is 103 cm³/mol. The molecule has 0 saturated heterocycles. The summed E-state index contributed by atoms with van der Waals surface area (Å²) in [6.45, 7) is 9.16. The summed E-state index contributed by atoms with van der Waals surface area (Å²) < 4.78 is 27.7. The third-order valence-corrected chi connectivity index (χ3v) is 6.40. The largest absolute Gasteiger partial charge is 0.300 e. The second kappa shape index (κ2) is 7.81. The normalized spacial score (nSPS) is 13.4. The van der Waals surface area contributed by atoms with E-state index in [2.05, 4.69) is 20.2 Å². The first kappa shape index (κ1) is 20.5. The summed E-state index contributed by atoms with van der Waals surface area (Å²) in [6.07, 6.45) is 0.592. The number of anilines is 1. The van der Waals surface area contributed by atoms with E-state index in [-0.39, 0.29) is 21.4 Å². The Morgan fingerprint density at radius 1 is 1.19 bits per heavy atom. The van der Waals surface area contributed by atoms with Gasteiger partial charge >= 0.3 is 0 Å². The molecule has 26 heavy (non-hydrogen) atoms. The molecule has 0 aliphatic heterocycles. The molecule has 1 amide bonds. The van der Waals surface area contributed by atoms with Crippen LogP contribution in [0.1, 0.15) is 51.3 Å². The van der Waals surface area contributed by atoms with Crippen molar-refractivity contribution in [3.05, 3.63) is 35.4 Å². The first-order chi connectivity index (χ1) is 12.0. The van der Waals surface area contributed by atoms with Crippen LogP contribution in [-0.4, -0.2) is 24.5 Å². The van der Waals surface area contributed by atoms with Gasteiger partial charge in [0.1, 0.15) is 0 Å². The van der Waals surface area contributed by atoms with Crippen molar-refractivity contribution >= 4 is 32.4 Å². The number of aromatic nitrogens is 2. The van der Waals surface area contributed by atoms with E-state index in [0.717, 1.165) is 22.5 Å². The van der Waals surface area contributed by atoms with E-state index in [1.54, 1.807) is 20.8 Å². The van der Waals surface area contributed by atoms with Crippen molar-refractivity contribution in [1.29, 1.82) is 0 Å². The highest BCUT2D eigenvalue weighted by Crippen LogP contribution is 2.25. The van der Waals surface area contributed by atoms with Crippen LogP contribution in [-0.2, 0) is 14.8 Å². The maximum atomic E-state index is 12.6. The van der Waals surface area contributed by atoms with Crippen molar-refractivity contribution in [3.63, 3.8) is 0 Å². The molecule has 0 bridgehead atoms. The van der Waals surface area contributed by atoms with Crippen LogP contribution in [0.15, 0.2) is 28.6 Å². The Morgan fingerprint density at radius 2 is 1.81 bits per heavy atom. The molecule has 1 atom stereocenters. The Bertz CT molecular complexity index is 868. The van der Waals surface area contributed by atoms with E-state index in [9.17, 15) is 13.2 Å². The molecule has 2 rings (SSSR count). The second-order valence-electron chi connectivity index (χ2n) is 7.07. The molecule has 9 heteroatoms. The predicted octanol–water partition coefficient (Wildman–Crippen LogP) is 3.26. The van der Waals surface area contributed by atoms with Gasteiger partial charge in [-0.2, -0.15) is 0 Å². The van der Waals surface area contributed by atoms with E-state index < -0.39 is 15.4 Å². The van der Waals surface area contributed by atoms with Crippen molar-refractivity contribution in [3.8, 4) is 0 Å². The number of carbonyl (C=O) groups excluding carboxylic acids is 1. The van der Waals surface area contributed by atoms with Gasteiger partial charge in [-0.3, -0.25) is 4.79 Å². The lowest BCUT2D eigenvalue weighted by Crippen LogP contribution is -2.28. The number of hydrogen-bond donors (Lipinski definition) is 2. The summed E-state index contributed by atoms with van der Waals surface area (Å²) in [5, 5.41) is 10.2. The van der Waals surface area contributed by atoms with Crippen LogP contribution in [0.4, 0.5) is 5.13 Å². The molecule has 0 spiro atoms. The quantitative estimate of drug-likeness (QED) is 0.730. The van der Waals surface area contributed by atoms with E-state index >= 15 is 0 Å². The first-order valence-corrected chi connectivity index (χ1v) is 10.6. The highest BCUT2D eigenvalue weighted by atomic mass is 32.2. The van der Waals surface area contributed by atoms with Crippen molar-refractivity contribution in [2.45, 2.75) is 51.4 Å². The summed E-state index contributed by atoms with van der Waals surface area (Å²) in [5.41, 5.74) is 1.38. The topological polar surface area (TPSA) is 101 Å². The van der Waals surface area contributed by atoms with Gasteiger partial charge < -0.3 is 5.32 Å². The van der Waals surface area contributed by atoms with E-state index in [4.69, 9.17) is 0 Å². The van der Waals surface area contributed by atoms with Crippen LogP contribution >= 0.6 is 11.3 Å². The van der Waals surface area contributed by atoms with Crippen molar-refractivity contribution in [1.82, 2.24) is 14.9 Å². The molecule has 2 N–H and O–H groups in total. The van der Waals surface area contributed by atoms with Crippen LogP contribution < -0.4 is 10.0 Å². The number of sulfonamides is 1. The molecule has 7 nitrogen and oxygen atoms in total. The molecule has 0 aliphatic carbocycles. The average Bonchev–Trinajstić information content (AvgIpc) is 3.02. The van der Waals surface area contributed by atoms with Crippen LogP contribution in [0.3, 0.4) is 0 Å². The highest BCUT2D eigenvalue weighted by Gasteiger charge is 2.27. The average molecular weight is 397 g/mol. The van der Waals surface area contributed by atoms with Crippen molar-refractivity contribution < 1.29 is 13.2 Å². The van der Waals surface area contributed by atoms with Gasteiger partial charge in [0, 0.05) is 11.5 Å². The lowest BCUT2D eigenvalue weighted by Gasteiger charge is -2.16. The maximum absolute atomic E-state index is 12.6. The van der Waals surface area contributed by atoms with E-state index in [0.29, 0.717) is 6.42 Å². The number of nitrogens with zero attached hydrogens (tertiary/aromatic N) is 2. The summed E-state index contributed by atoms with van der Waals surface area (Å²) in [4.78, 5) is 12.0. The number of benzene rings is 1. The van der Waals surface area contributed by atoms with Gasteiger partial charge in [-0.05, 0) is 18.9 Å². The van der Waals surface area contributed by atoms with Crippen LogP contribution in [0, 0.1) is 12.3 Å². The van der Waals surface area contributed by atoms with Crippen LogP contribution in [0.5, 0.6) is 0 Å². The molecule has 0 saturated carbocycles. The van der Waals surface area contributed by atoms with Crippen molar-refractivity contribution in [2.24, 2.45) is 5.41 Å². The molecule has 0 aliphatic rings. The van der Waals surface area contributed by atoms with E-state index in [1.807, 2.05) is 38.1 Å². The Balaban J connectivity index is 2.17. The number of nitrogens with one attached hydrogen (secondary N) is 2. The Kier molecular flexibility index (Phi) is 6.15. The molecule has 2 aromatic rings. The van der Waals surface area contributed by atoms with Gasteiger partial charge in [-0.25, -0.2) is 13.1 Å². The standard InChI is InChI=1S/C17H24N4O3S2/c1-6-13(12-9-7-11(2)8-10-12)21-26(23,24)16-20-19-15(25-16)18-14(22)17(3,4)5/h7-10,13,21H,6H2,1-5H3,(H,18,19,22)/t13-/m1/s1. The van der Waals surface area contributed by atoms with Gasteiger partial charge in [0.05, 0.1) is 0 Å². The Hall–Kier alpha value is -1.84. The minimum Gasteiger partial charge on any atom is -0.300 e. The summed E-state index contributed by atoms with van der Waals surface area (Å²) in [7, 11) is -3.84. The molecule has 0 unspecified atom stereocenters. The molecular formula is C17H24N4O3S2. The van der Waals surface area contributed by atoms with Crippen molar-refractivity contribution in [2.75, 3.05) is 5.32 Å². The van der Waals surface area contributed by atoms with E-state index in [1.165, 1.54) is 0 Å². The SMILES string of the molecule is CC[C@@H](NS(=O)(=O)c1nnc(NC(=O)C(C)(C)C)s1)c1ccc(C)cc1. The number of rotatable bonds is 6. The lowest BCUT2D eigenvalue weighted by atomic mass is 9.96. The fraction of sp³-hybridized carbons (Fsp3) is 0.471. The smallest absolute Gasteiger partial charge is 0.270 e. The number of hydrogen-bond acceptors (Lipinski definition) is 6. The summed E-state index contributed by atoms with van der Waals surface area (Å²) in [5.74, 6) is -0.253. The lowest BCUT2D eigenvalue weighted by molar-refractivity contribution is -0.123. The minimum atomic E-state index is -3.84. The highest BCUT2D eigenvalue weighted by molar-refractivity contribution is 7.91. The molecule has 1 aromatic carbocycles. The Morgan fingerprint density at radius 3 is 2.35 bits per heavy atom. The zero-order chi connectivity index (χ0) is 19.5. The molecule has 1 aromatic heterocycles. The number of aryl methyl sites for hydroxylation is 1. The third-order valence-electron chi connectivity index (χ3n) is 3.72. The second-order valence-corrected chi connectivity index (χ2v) is 9.94. The molecule has 0 fully saturated rings. The van der Waals surface area contributed by atoms with Crippen LogP contribution in [0.2, 0.25) is 0 Å². The molecule has 142 valence electrons. The van der Waals surface area contributed by atoms with Gasteiger partial charge in [0.25, 0.3) is 10.0 Å². The zero-order valence-electron chi connectivity index (χ0n) is 15.5. The summed E-state index contributed by atoms with van der Waals surface area (Å²) in [6, 6.07) is 7.33. The molecule has 0 radical (unpaired) electrons. The van der Waals surface area contributed by atoms with Gasteiger partial charge in [-0.1, -0.05) is 68.9 Å². The maximum Gasteiger partial charge on any atom is 0.270 e. The summed E-state index contributed by atoms with van der Waals surface area (Å²) >= 11 is 0.830.